The number of rotatable bonds is 2. The van der Waals surface area contributed by atoms with Gasteiger partial charge in [0.15, 0.2) is 0 Å². The lowest BCUT2D eigenvalue weighted by molar-refractivity contribution is 1.11. The molecule has 5 rings (SSSR count). The molecule has 0 saturated carbocycles. The van der Waals surface area contributed by atoms with Crippen LogP contribution in [0.15, 0.2) is 61.1 Å². The first kappa shape index (κ1) is 13.9. The van der Waals surface area contributed by atoms with Crippen LogP contribution in [0.25, 0.3) is 44.5 Å². The average molecular weight is 325 g/mol. The molecule has 0 amide bonds. The van der Waals surface area contributed by atoms with Crippen molar-refractivity contribution in [1.29, 1.82) is 0 Å². The van der Waals surface area contributed by atoms with Gasteiger partial charge in [-0.25, -0.2) is 0 Å². The molecular weight excluding hydrogens is 310 g/mol. The number of aromatic nitrogens is 5. The molecule has 0 unspecified atom stereocenters. The van der Waals surface area contributed by atoms with E-state index in [4.69, 9.17) is 0 Å². The van der Waals surface area contributed by atoms with Gasteiger partial charge in [-0.05, 0) is 36.8 Å². The Morgan fingerprint density at radius 3 is 2.72 bits per heavy atom. The lowest BCUT2D eigenvalue weighted by atomic mass is 10.1. The molecular formula is C20H15N5. The minimum Gasteiger partial charge on any atom is -0.353 e. The summed E-state index contributed by atoms with van der Waals surface area (Å²) in [7, 11) is 0. The second-order valence-electron chi connectivity index (χ2n) is 6.21. The number of hydrogen-bond donors (Lipinski definition) is 2. The smallest absolute Gasteiger partial charge is 0.116 e. The van der Waals surface area contributed by atoms with E-state index in [1.807, 2.05) is 37.6 Å². The second kappa shape index (κ2) is 5.27. The maximum absolute atomic E-state index is 4.55. The summed E-state index contributed by atoms with van der Waals surface area (Å²) in [6.07, 6.45) is 5.51. The number of para-hydroxylation sites is 1. The molecule has 5 nitrogen and oxygen atoms in total. The molecule has 2 N–H and O–H groups in total. The normalized spacial score (nSPS) is 11.4. The molecule has 0 saturated heterocycles. The number of aryl methyl sites for hydroxylation is 1. The van der Waals surface area contributed by atoms with Crippen molar-refractivity contribution in [2.75, 3.05) is 0 Å². The fraction of sp³-hybridized carbons (Fsp3) is 0.0500. The molecule has 5 heteroatoms. The topological polar surface area (TPSA) is 70.2 Å². The summed E-state index contributed by atoms with van der Waals surface area (Å²) < 4.78 is 0. The molecule has 0 aliphatic heterocycles. The number of pyridine rings is 2. The summed E-state index contributed by atoms with van der Waals surface area (Å²) in [5.74, 6) is 0. The Morgan fingerprint density at radius 1 is 0.920 bits per heavy atom. The van der Waals surface area contributed by atoms with Crippen molar-refractivity contribution in [3.8, 4) is 22.6 Å². The molecule has 0 radical (unpaired) electrons. The zero-order valence-electron chi connectivity index (χ0n) is 13.6. The van der Waals surface area contributed by atoms with Gasteiger partial charge in [0.25, 0.3) is 0 Å². The van der Waals surface area contributed by atoms with Gasteiger partial charge in [0, 0.05) is 34.2 Å². The van der Waals surface area contributed by atoms with Crippen molar-refractivity contribution < 1.29 is 0 Å². The lowest BCUT2D eigenvalue weighted by Crippen LogP contribution is -1.86. The van der Waals surface area contributed by atoms with Gasteiger partial charge in [0.1, 0.15) is 5.69 Å². The van der Waals surface area contributed by atoms with Crippen molar-refractivity contribution in [2.45, 2.75) is 6.92 Å². The third kappa shape index (κ3) is 2.29. The number of aromatic amines is 2. The maximum Gasteiger partial charge on any atom is 0.116 e. The maximum atomic E-state index is 4.55. The summed E-state index contributed by atoms with van der Waals surface area (Å²) in [4.78, 5) is 12.3. The predicted molar refractivity (Wildman–Crippen MR) is 99.1 cm³/mol. The summed E-state index contributed by atoms with van der Waals surface area (Å²) in [6.45, 7) is 2.03. The third-order valence-electron chi connectivity index (χ3n) is 4.40. The van der Waals surface area contributed by atoms with E-state index in [1.165, 1.54) is 5.39 Å². The van der Waals surface area contributed by atoms with Crippen LogP contribution >= 0.6 is 0 Å². The van der Waals surface area contributed by atoms with Gasteiger partial charge >= 0.3 is 0 Å². The van der Waals surface area contributed by atoms with Gasteiger partial charge in [-0.1, -0.05) is 18.2 Å². The van der Waals surface area contributed by atoms with Crippen LogP contribution in [0.3, 0.4) is 0 Å². The van der Waals surface area contributed by atoms with Crippen molar-refractivity contribution in [2.24, 2.45) is 0 Å². The van der Waals surface area contributed by atoms with Crippen LogP contribution < -0.4 is 0 Å². The van der Waals surface area contributed by atoms with Crippen molar-refractivity contribution >= 4 is 21.8 Å². The van der Waals surface area contributed by atoms with Crippen LogP contribution in [-0.4, -0.2) is 25.1 Å². The van der Waals surface area contributed by atoms with Gasteiger partial charge in [-0.2, -0.15) is 5.10 Å². The van der Waals surface area contributed by atoms with Gasteiger partial charge in [0.05, 0.1) is 23.1 Å². The Bertz CT molecular complexity index is 1180. The van der Waals surface area contributed by atoms with E-state index < -0.39 is 0 Å². The fourth-order valence-electron chi connectivity index (χ4n) is 3.18. The van der Waals surface area contributed by atoms with E-state index in [9.17, 15) is 0 Å². The highest BCUT2D eigenvalue weighted by Crippen LogP contribution is 2.30. The highest BCUT2D eigenvalue weighted by molar-refractivity contribution is 5.96. The molecule has 120 valence electrons. The highest BCUT2D eigenvalue weighted by atomic mass is 15.1. The Balaban J connectivity index is 1.70. The van der Waals surface area contributed by atoms with Crippen LogP contribution in [-0.2, 0) is 0 Å². The summed E-state index contributed by atoms with van der Waals surface area (Å²) >= 11 is 0. The van der Waals surface area contributed by atoms with Crippen LogP contribution in [0.4, 0.5) is 0 Å². The largest absolute Gasteiger partial charge is 0.353 e. The van der Waals surface area contributed by atoms with E-state index in [0.29, 0.717) is 0 Å². The number of hydrogen-bond acceptors (Lipinski definition) is 3. The molecule has 4 heterocycles. The Labute approximate surface area is 143 Å². The molecule has 0 fully saturated rings. The van der Waals surface area contributed by atoms with Crippen LogP contribution in [0.5, 0.6) is 0 Å². The number of nitrogens with zero attached hydrogens (tertiary/aromatic N) is 3. The molecule has 0 aliphatic rings. The third-order valence-corrected chi connectivity index (χ3v) is 4.40. The molecule has 5 aromatic rings. The minimum absolute atomic E-state index is 0.891. The number of nitrogens with one attached hydrogen (secondary N) is 2. The van der Waals surface area contributed by atoms with E-state index in [0.717, 1.165) is 44.6 Å². The van der Waals surface area contributed by atoms with Gasteiger partial charge in [-0.3, -0.25) is 15.1 Å². The van der Waals surface area contributed by atoms with Gasteiger partial charge in [0.2, 0.25) is 0 Å². The van der Waals surface area contributed by atoms with Crippen LogP contribution in [0, 0.1) is 6.92 Å². The first-order valence-corrected chi connectivity index (χ1v) is 8.12. The van der Waals surface area contributed by atoms with Crippen molar-refractivity contribution in [3.05, 3.63) is 66.6 Å². The Kier molecular flexibility index (Phi) is 2.94. The second-order valence-corrected chi connectivity index (χ2v) is 6.21. The van der Waals surface area contributed by atoms with E-state index in [1.54, 1.807) is 0 Å². The quantitative estimate of drug-likeness (QED) is 0.503. The van der Waals surface area contributed by atoms with Crippen molar-refractivity contribution in [3.63, 3.8) is 0 Å². The lowest BCUT2D eigenvalue weighted by Gasteiger charge is -2.02. The molecule has 4 aromatic heterocycles. The first-order valence-electron chi connectivity index (χ1n) is 8.12. The van der Waals surface area contributed by atoms with E-state index >= 15 is 0 Å². The molecule has 1 aromatic carbocycles. The van der Waals surface area contributed by atoms with Crippen LogP contribution in [0.1, 0.15) is 5.56 Å². The SMILES string of the molecule is Cc1cncc(-c2cc3c(-c4cc5ccccc5[nH]4)n[nH]c3cn2)c1. The Morgan fingerprint density at radius 2 is 1.84 bits per heavy atom. The summed E-state index contributed by atoms with van der Waals surface area (Å²) in [5, 5.41) is 9.79. The molecule has 0 atom stereocenters. The van der Waals surface area contributed by atoms with E-state index in [-0.39, 0.29) is 0 Å². The zero-order chi connectivity index (χ0) is 16.8. The number of H-pyrrole nitrogens is 2. The molecule has 25 heavy (non-hydrogen) atoms. The van der Waals surface area contributed by atoms with E-state index in [2.05, 4.69) is 55.5 Å². The average Bonchev–Trinajstić information content (AvgIpc) is 3.24. The molecule has 0 bridgehead atoms. The first-order chi connectivity index (χ1) is 12.3. The fourth-order valence-corrected chi connectivity index (χ4v) is 3.18. The summed E-state index contributed by atoms with van der Waals surface area (Å²) in [5.41, 5.74) is 6.92. The molecule has 0 aliphatic carbocycles. The van der Waals surface area contributed by atoms with Gasteiger partial charge in [-0.15, -0.1) is 0 Å². The summed E-state index contributed by atoms with van der Waals surface area (Å²) in [6, 6.07) is 14.5. The number of benzene rings is 1. The highest BCUT2D eigenvalue weighted by Gasteiger charge is 2.13. The standard InChI is InChI=1S/C20H15N5/c1-12-6-14(10-21-9-12)17-8-15-19(11-22-17)24-25-20(15)18-7-13-4-2-3-5-16(13)23-18/h2-11,23H,1H3,(H,24,25). The monoisotopic (exact) mass is 325 g/mol. The predicted octanol–water partition coefficient (Wildman–Crippen LogP) is 4.48. The van der Waals surface area contributed by atoms with Crippen LogP contribution in [0.2, 0.25) is 0 Å². The number of fused-ring (bicyclic) bond motifs is 2. The minimum atomic E-state index is 0.891. The Hall–Kier alpha value is -3.47. The molecule has 0 spiro atoms. The van der Waals surface area contributed by atoms with Crippen molar-refractivity contribution in [1.82, 2.24) is 25.1 Å². The van der Waals surface area contributed by atoms with Gasteiger partial charge < -0.3 is 4.98 Å². The zero-order valence-corrected chi connectivity index (χ0v) is 13.6.